The van der Waals surface area contributed by atoms with Crippen molar-refractivity contribution < 1.29 is 19.1 Å². The maximum Gasteiger partial charge on any atom is 0.260 e. The lowest BCUT2D eigenvalue weighted by Crippen LogP contribution is -2.57. The minimum atomic E-state index is -0.562. The molecule has 0 unspecified atom stereocenters. The summed E-state index contributed by atoms with van der Waals surface area (Å²) < 4.78 is 11.1. The average molecular weight is 527 g/mol. The number of benzene rings is 3. The summed E-state index contributed by atoms with van der Waals surface area (Å²) in [5.74, 6) is 1.67. The predicted octanol–water partition coefficient (Wildman–Crippen LogP) is 3.83. The minimum absolute atomic E-state index is 0.0146. The van der Waals surface area contributed by atoms with Crippen LogP contribution < -0.4 is 14.4 Å². The Morgan fingerprint density at radius 1 is 0.846 bits per heavy atom. The quantitative estimate of drug-likeness (QED) is 0.466. The van der Waals surface area contributed by atoms with Crippen molar-refractivity contribution in [3.05, 3.63) is 90.0 Å². The van der Waals surface area contributed by atoms with Crippen LogP contribution in [0.1, 0.15) is 28.8 Å². The molecule has 8 nitrogen and oxygen atoms in total. The number of carbonyl (C=O) groups excluding carboxylic acids is 2. The van der Waals surface area contributed by atoms with Crippen LogP contribution in [0.2, 0.25) is 0 Å². The Balaban J connectivity index is 1.13. The molecule has 6 rings (SSSR count). The lowest BCUT2D eigenvalue weighted by Gasteiger charge is -2.43. The van der Waals surface area contributed by atoms with E-state index in [1.54, 1.807) is 12.0 Å². The Bertz CT molecular complexity index is 1320. The predicted molar refractivity (Wildman–Crippen MR) is 149 cm³/mol. The lowest BCUT2D eigenvalue weighted by molar-refractivity contribution is -0.134. The number of anilines is 1. The van der Waals surface area contributed by atoms with E-state index in [4.69, 9.17) is 9.47 Å². The number of ether oxygens (including phenoxy) is 2. The second-order valence-electron chi connectivity index (χ2n) is 10.5. The maximum absolute atomic E-state index is 14.0. The second-order valence-corrected chi connectivity index (χ2v) is 10.5. The topological polar surface area (TPSA) is 65.6 Å². The van der Waals surface area contributed by atoms with E-state index in [-0.39, 0.29) is 18.5 Å². The first-order valence-corrected chi connectivity index (χ1v) is 13.6. The second kappa shape index (κ2) is 10.6. The zero-order valence-corrected chi connectivity index (χ0v) is 22.3. The SMILES string of the molecule is COc1ccc(CN2CN(c3ccccc3)C3(CCN(CCN4COc5ccccc5C4=O)CC3)C2=O)cc1. The summed E-state index contributed by atoms with van der Waals surface area (Å²) in [6.07, 6.45) is 1.49. The van der Waals surface area contributed by atoms with Gasteiger partial charge in [0.1, 0.15) is 17.0 Å². The fraction of sp³-hybridized carbons (Fsp3) is 0.355. The number of piperidine rings is 1. The standard InChI is InChI=1S/C31H34N4O4/c1-38-26-13-11-24(12-14-26)21-34-22-35(25-7-3-2-4-8-25)31(30(34)37)15-17-32(18-16-31)19-20-33-23-39-28-10-6-5-9-27(28)29(33)36/h2-14H,15-23H2,1H3. The number of methoxy groups -OCH3 is 1. The van der Waals surface area contributed by atoms with Gasteiger partial charge in [0.25, 0.3) is 5.91 Å². The van der Waals surface area contributed by atoms with Crippen LogP contribution in [0.5, 0.6) is 11.5 Å². The summed E-state index contributed by atoms with van der Waals surface area (Å²) in [7, 11) is 1.66. The molecule has 0 aliphatic carbocycles. The summed E-state index contributed by atoms with van der Waals surface area (Å²) in [5, 5.41) is 0. The molecule has 8 heteroatoms. The van der Waals surface area contributed by atoms with Gasteiger partial charge in [0.2, 0.25) is 5.91 Å². The Morgan fingerprint density at radius 3 is 2.31 bits per heavy atom. The van der Waals surface area contributed by atoms with E-state index in [1.165, 1.54) is 0 Å². The number of likely N-dealkylation sites (tertiary alicyclic amines) is 1. The summed E-state index contributed by atoms with van der Waals surface area (Å²) in [4.78, 5) is 35.4. The van der Waals surface area contributed by atoms with Crippen LogP contribution in [0.25, 0.3) is 0 Å². The van der Waals surface area contributed by atoms with Crippen molar-refractivity contribution in [2.24, 2.45) is 0 Å². The molecular weight excluding hydrogens is 492 g/mol. The van der Waals surface area contributed by atoms with E-state index in [0.29, 0.717) is 31.1 Å². The Kier molecular flexibility index (Phi) is 6.87. The maximum atomic E-state index is 14.0. The number of rotatable bonds is 7. The molecule has 202 valence electrons. The molecule has 0 radical (unpaired) electrons. The van der Waals surface area contributed by atoms with Gasteiger partial charge in [0.05, 0.1) is 19.3 Å². The first-order valence-electron chi connectivity index (χ1n) is 13.6. The van der Waals surface area contributed by atoms with Gasteiger partial charge in [0.15, 0.2) is 6.73 Å². The molecule has 3 aliphatic heterocycles. The number of hydrogen-bond donors (Lipinski definition) is 0. The van der Waals surface area contributed by atoms with Crippen molar-refractivity contribution in [3.63, 3.8) is 0 Å². The van der Waals surface area contributed by atoms with E-state index in [9.17, 15) is 9.59 Å². The number of amides is 2. The van der Waals surface area contributed by atoms with Crippen molar-refractivity contribution in [2.75, 3.05) is 51.6 Å². The summed E-state index contributed by atoms with van der Waals surface area (Å²) in [6, 6.07) is 25.6. The number of carbonyl (C=O) groups is 2. The molecule has 2 fully saturated rings. The largest absolute Gasteiger partial charge is 0.497 e. The summed E-state index contributed by atoms with van der Waals surface area (Å²) >= 11 is 0. The van der Waals surface area contributed by atoms with Crippen molar-refractivity contribution in [3.8, 4) is 11.5 Å². The monoisotopic (exact) mass is 526 g/mol. The van der Waals surface area contributed by atoms with Gasteiger partial charge in [-0.2, -0.15) is 0 Å². The number of hydrogen-bond acceptors (Lipinski definition) is 6. The fourth-order valence-corrected chi connectivity index (χ4v) is 5.99. The van der Waals surface area contributed by atoms with Crippen LogP contribution in [-0.4, -0.2) is 78.7 Å². The van der Waals surface area contributed by atoms with Crippen LogP contribution in [0.4, 0.5) is 5.69 Å². The van der Waals surface area contributed by atoms with Crippen molar-refractivity contribution in [2.45, 2.75) is 24.9 Å². The summed E-state index contributed by atoms with van der Waals surface area (Å²) in [5.41, 5.74) is 2.22. The van der Waals surface area contributed by atoms with Crippen LogP contribution in [0.15, 0.2) is 78.9 Å². The van der Waals surface area contributed by atoms with E-state index in [2.05, 4.69) is 21.9 Å². The van der Waals surface area contributed by atoms with Gasteiger partial charge in [-0.3, -0.25) is 9.59 Å². The Labute approximate surface area is 229 Å². The van der Waals surface area contributed by atoms with Gasteiger partial charge in [-0.15, -0.1) is 0 Å². The van der Waals surface area contributed by atoms with Gasteiger partial charge in [0, 0.05) is 38.4 Å². The molecule has 3 aromatic rings. The van der Waals surface area contributed by atoms with Crippen molar-refractivity contribution in [1.29, 1.82) is 0 Å². The van der Waals surface area contributed by atoms with Crippen LogP contribution >= 0.6 is 0 Å². The minimum Gasteiger partial charge on any atom is -0.497 e. The molecule has 0 N–H and O–H groups in total. The molecule has 3 aromatic carbocycles. The number of para-hydroxylation sites is 2. The molecular formula is C31H34N4O4. The molecule has 0 aromatic heterocycles. The average Bonchev–Trinajstić information content (AvgIpc) is 3.25. The van der Waals surface area contributed by atoms with Gasteiger partial charge in [-0.05, 0) is 54.8 Å². The highest BCUT2D eigenvalue weighted by Gasteiger charge is 2.53. The molecule has 0 saturated carbocycles. The third-order valence-corrected chi connectivity index (χ3v) is 8.26. The normalized spacial score (nSPS) is 18.8. The smallest absolute Gasteiger partial charge is 0.260 e. The van der Waals surface area contributed by atoms with Crippen LogP contribution in [-0.2, 0) is 11.3 Å². The zero-order valence-electron chi connectivity index (χ0n) is 22.3. The molecule has 1 spiro atoms. The molecule has 2 amide bonds. The Morgan fingerprint density at radius 2 is 1.56 bits per heavy atom. The van der Waals surface area contributed by atoms with Gasteiger partial charge in [-0.1, -0.05) is 42.5 Å². The van der Waals surface area contributed by atoms with E-state index >= 15 is 0 Å². The molecule has 3 heterocycles. The van der Waals surface area contributed by atoms with Crippen LogP contribution in [0.3, 0.4) is 0 Å². The highest BCUT2D eigenvalue weighted by molar-refractivity contribution is 5.97. The third kappa shape index (κ3) is 4.81. The van der Waals surface area contributed by atoms with E-state index < -0.39 is 5.54 Å². The van der Waals surface area contributed by atoms with Gasteiger partial charge < -0.3 is 29.1 Å². The van der Waals surface area contributed by atoms with Gasteiger partial charge in [-0.25, -0.2) is 0 Å². The fourth-order valence-electron chi connectivity index (χ4n) is 5.99. The van der Waals surface area contributed by atoms with Crippen LogP contribution in [0, 0.1) is 0 Å². The highest BCUT2D eigenvalue weighted by Crippen LogP contribution is 2.40. The number of fused-ring (bicyclic) bond motifs is 1. The van der Waals surface area contributed by atoms with Gasteiger partial charge >= 0.3 is 0 Å². The molecule has 3 aliphatic rings. The van der Waals surface area contributed by atoms with Crippen molar-refractivity contribution in [1.82, 2.24) is 14.7 Å². The van der Waals surface area contributed by atoms with Crippen molar-refractivity contribution >= 4 is 17.5 Å². The zero-order chi connectivity index (χ0) is 26.8. The van der Waals surface area contributed by atoms with E-state index in [0.717, 1.165) is 49.5 Å². The molecule has 2 saturated heterocycles. The third-order valence-electron chi connectivity index (χ3n) is 8.26. The first-order chi connectivity index (χ1) is 19.1. The Hall–Kier alpha value is -4.04. The lowest BCUT2D eigenvalue weighted by atomic mass is 9.85. The highest BCUT2D eigenvalue weighted by atomic mass is 16.5. The number of nitrogens with zero attached hydrogens (tertiary/aromatic N) is 4. The summed E-state index contributed by atoms with van der Waals surface area (Å²) in [6.45, 7) is 4.34. The molecule has 0 atom stereocenters. The molecule has 0 bridgehead atoms. The molecule has 39 heavy (non-hydrogen) atoms. The first kappa shape index (κ1) is 25.2. The van der Waals surface area contributed by atoms with E-state index in [1.807, 2.05) is 71.6 Å².